The van der Waals surface area contributed by atoms with E-state index in [1.54, 1.807) is 0 Å². The highest BCUT2D eigenvalue weighted by Gasteiger charge is 2.42. The van der Waals surface area contributed by atoms with E-state index < -0.39 is 0 Å². The van der Waals surface area contributed by atoms with Crippen molar-refractivity contribution in [2.75, 3.05) is 19.7 Å². The van der Waals surface area contributed by atoms with Crippen LogP contribution in [0.3, 0.4) is 0 Å². The predicted octanol–water partition coefficient (Wildman–Crippen LogP) is 2.11. The molecule has 22 heavy (non-hydrogen) atoms. The van der Waals surface area contributed by atoms with Gasteiger partial charge < -0.3 is 15.4 Å². The second kappa shape index (κ2) is 9.82. The Kier molecular flexibility index (Phi) is 8.46. The molecule has 0 aliphatic heterocycles. The van der Waals surface area contributed by atoms with Gasteiger partial charge in [-0.2, -0.15) is 0 Å². The summed E-state index contributed by atoms with van der Waals surface area (Å²) in [4.78, 5) is 23.4. The molecule has 0 saturated heterocycles. The molecule has 0 aromatic heterocycles. The summed E-state index contributed by atoms with van der Waals surface area (Å²) >= 11 is 0. The quantitative estimate of drug-likeness (QED) is 0.574. The average Bonchev–Trinajstić information content (AvgIpc) is 3.21. The van der Waals surface area contributed by atoms with Crippen LogP contribution in [-0.2, 0) is 14.3 Å². The molecule has 2 amide bonds. The van der Waals surface area contributed by atoms with Crippen molar-refractivity contribution in [3.8, 4) is 0 Å². The summed E-state index contributed by atoms with van der Waals surface area (Å²) < 4.78 is 5.23. The van der Waals surface area contributed by atoms with Crippen LogP contribution in [-0.4, -0.2) is 37.6 Å². The van der Waals surface area contributed by atoms with E-state index in [0.717, 1.165) is 31.7 Å². The summed E-state index contributed by atoms with van der Waals surface area (Å²) in [6, 6.07) is 0. The van der Waals surface area contributed by atoms with Crippen molar-refractivity contribution in [2.45, 2.75) is 59.5 Å². The molecular formula is C17H32N2O3. The van der Waals surface area contributed by atoms with Crippen LogP contribution in [0.15, 0.2) is 0 Å². The predicted molar refractivity (Wildman–Crippen MR) is 87.4 cm³/mol. The third-order valence-electron chi connectivity index (χ3n) is 3.88. The van der Waals surface area contributed by atoms with Crippen molar-refractivity contribution in [1.29, 1.82) is 0 Å². The number of ether oxygens (including phenoxy) is 1. The van der Waals surface area contributed by atoms with E-state index in [9.17, 15) is 9.59 Å². The molecule has 1 saturated carbocycles. The van der Waals surface area contributed by atoms with Gasteiger partial charge in [-0.15, -0.1) is 0 Å². The standard InChI is InChI=1S/C17H32N2O3/c1-12(2)7-5-6-8-18-17(21)15-9-14(15)10-19-16(20)11-22-13(3)4/h12-15H,5-11H2,1-4H3,(H,18,21)(H,19,20). The molecule has 2 atom stereocenters. The molecule has 2 N–H and O–H groups in total. The number of rotatable bonds is 11. The van der Waals surface area contributed by atoms with Gasteiger partial charge in [0.2, 0.25) is 11.8 Å². The van der Waals surface area contributed by atoms with E-state index in [4.69, 9.17) is 4.74 Å². The molecule has 1 aliphatic carbocycles. The SMILES string of the molecule is CC(C)CCCCNC(=O)C1CC1CNC(=O)COC(C)C. The zero-order chi connectivity index (χ0) is 16.5. The molecule has 0 bridgehead atoms. The minimum Gasteiger partial charge on any atom is -0.369 e. The first kappa shape index (κ1) is 18.9. The highest BCUT2D eigenvalue weighted by Crippen LogP contribution is 2.37. The van der Waals surface area contributed by atoms with Gasteiger partial charge in [0.25, 0.3) is 0 Å². The lowest BCUT2D eigenvalue weighted by Crippen LogP contribution is -2.32. The van der Waals surface area contributed by atoms with Crippen LogP contribution in [0.4, 0.5) is 0 Å². The lowest BCUT2D eigenvalue weighted by Gasteiger charge is -2.08. The normalized spacial score (nSPS) is 20.3. The Morgan fingerprint density at radius 3 is 2.50 bits per heavy atom. The number of amides is 2. The first-order valence-electron chi connectivity index (χ1n) is 8.56. The Morgan fingerprint density at radius 1 is 1.14 bits per heavy atom. The second-order valence-electron chi connectivity index (χ2n) is 6.95. The molecule has 0 spiro atoms. The molecule has 0 heterocycles. The van der Waals surface area contributed by atoms with Crippen LogP contribution in [0, 0.1) is 17.8 Å². The van der Waals surface area contributed by atoms with Gasteiger partial charge in [-0.05, 0) is 38.5 Å². The van der Waals surface area contributed by atoms with E-state index in [-0.39, 0.29) is 30.4 Å². The minimum absolute atomic E-state index is 0.0564. The zero-order valence-electron chi connectivity index (χ0n) is 14.5. The molecule has 0 radical (unpaired) electrons. The topological polar surface area (TPSA) is 67.4 Å². The minimum atomic E-state index is -0.103. The van der Waals surface area contributed by atoms with Crippen LogP contribution in [0.5, 0.6) is 0 Å². The third kappa shape index (κ3) is 8.37. The van der Waals surface area contributed by atoms with Gasteiger partial charge in [-0.3, -0.25) is 9.59 Å². The molecule has 128 valence electrons. The zero-order valence-corrected chi connectivity index (χ0v) is 14.5. The first-order chi connectivity index (χ1) is 10.4. The number of carbonyl (C=O) groups is 2. The summed E-state index contributed by atoms with van der Waals surface area (Å²) in [6.07, 6.45) is 4.36. The van der Waals surface area contributed by atoms with E-state index in [1.165, 1.54) is 6.42 Å². The van der Waals surface area contributed by atoms with Gasteiger partial charge in [0.15, 0.2) is 0 Å². The highest BCUT2D eigenvalue weighted by molar-refractivity contribution is 5.82. The largest absolute Gasteiger partial charge is 0.369 e. The van der Waals surface area contributed by atoms with Crippen molar-refractivity contribution >= 4 is 11.8 Å². The lowest BCUT2D eigenvalue weighted by atomic mass is 10.1. The highest BCUT2D eigenvalue weighted by atomic mass is 16.5. The maximum Gasteiger partial charge on any atom is 0.246 e. The molecule has 0 aromatic rings. The van der Waals surface area contributed by atoms with Gasteiger partial charge in [0.1, 0.15) is 6.61 Å². The number of carbonyl (C=O) groups excluding carboxylic acids is 2. The Balaban J connectivity index is 2.02. The third-order valence-corrected chi connectivity index (χ3v) is 3.88. The van der Waals surface area contributed by atoms with Crippen LogP contribution < -0.4 is 10.6 Å². The molecular weight excluding hydrogens is 280 g/mol. The first-order valence-corrected chi connectivity index (χ1v) is 8.56. The van der Waals surface area contributed by atoms with Gasteiger partial charge in [0, 0.05) is 19.0 Å². The lowest BCUT2D eigenvalue weighted by molar-refractivity contribution is -0.127. The van der Waals surface area contributed by atoms with Gasteiger partial charge in [0.05, 0.1) is 6.10 Å². The van der Waals surface area contributed by atoms with Crippen molar-refractivity contribution in [3.05, 3.63) is 0 Å². The summed E-state index contributed by atoms with van der Waals surface area (Å²) in [5.41, 5.74) is 0. The number of hydrogen-bond acceptors (Lipinski definition) is 3. The number of hydrogen-bond donors (Lipinski definition) is 2. The fourth-order valence-corrected chi connectivity index (χ4v) is 2.35. The monoisotopic (exact) mass is 312 g/mol. The van der Waals surface area contributed by atoms with Crippen molar-refractivity contribution in [1.82, 2.24) is 10.6 Å². The van der Waals surface area contributed by atoms with Crippen molar-refractivity contribution < 1.29 is 14.3 Å². The summed E-state index contributed by atoms with van der Waals surface area (Å²) in [7, 11) is 0. The smallest absolute Gasteiger partial charge is 0.246 e. The Labute approximate surface area is 134 Å². The van der Waals surface area contributed by atoms with E-state index in [0.29, 0.717) is 12.5 Å². The van der Waals surface area contributed by atoms with E-state index in [2.05, 4.69) is 24.5 Å². The van der Waals surface area contributed by atoms with Gasteiger partial charge in [-0.1, -0.05) is 26.7 Å². The maximum absolute atomic E-state index is 11.9. The van der Waals surface area contributed by atoms with Crippen molar-refractivity contribution in [3.63, 3.8) is 0 Å². The Bertz CT molecular complexity index is 356. The van der Waals surface area contributed by atoms with Gasteiger partial charge in [-0.25, -0.2) is 0 Å². The molecule has 5 nitrogen and oxygen atoms in total. The molecule has 1 aliphatic rings. The van der Waals surface area contributed by atoms with Crippen LogP contribution in [0.25, 0.3) is 0 Å². The summed E-state index contributed by atoms with van der Waals surface area (Å²) in [5.74, 6) is 1.14. The molecule has 2 unspecified atom stereocenters. The Hall–Kier alpha value is -1.10. The molecule has 1 rings (SSSR count). The fraction of sp³-hybridized carbons (Fsp3) is 0.882. The number of nitrogens with one attached hydrogen (secondary N) is 2. The van der Waals surface area contributed by atoms with E-state index in [1.807, 2.05) is 13.8 Å². The van der Waals surface area contributed by atoms with Crippen LogP contribution in [0.1, 0.15) is 53.4 Å². The average molecular weight is 312 g/mol. The fourth-order valence-electron chi connectivity index (χ4n) is 2.35. The Morgan fingerprint density at radius 2 is 1.86 bits per heavy atom. The van der Waals surface area contributed by atoms with E-state index >= 15 is 0 Å². The molecule has 0 aromatic carbocycles. The summed E-state index contributed by atoms with van der Waals surface area (Å²) in [6.45, 7) is 9.67. The van der Waals surface area contributed by atoms with Gasteiger partial charge >= 0.3 is 0 Å². The number of unbranched alkanes of at least 4 members (excludes halogenated alkanes) is 1. The second-order valence-corrected chi connectivity index (χ2v) is 6.95. The molecule has 5 heteroatoms. The van der Waals surface area contributed by atoms with Crippen molar-refractivity contribution in [2.24, 2.45) is 17.8 Å². The summed E-state index contributed by atoms with van der Waals surface area (Å²) in [5, 5.41) is 5.83. The maximum atomic E-state index is 11.9. The van der Waals surface area contributed by atoms with Crippen LogP contribution in [0.2, 0.25) is 0 Å². The molecule has 1 fully saturated rings. The van der Waals surface area contributed by atoms with Crippen LogP contribution >= 0.6 is 0 Å².